The van der Waals surface area contributed by atoms with Crippen molar-refractivity contribution in [2.24, 2.45) is 0 Å². The van der Waals surface area contributed by atoms with Crippen LogP contribution in [0, 0.1) is 0 Å². The normalized spacial score (nSPS) is 13.2. The smallest absolute Gasteiger partial charge is 0.454 e. The second-order valence-corrected chi connectivity index (χ2v) is 3.94. The summed E-state index contributed by atoms with van der Waals surface area (Å²) in [6.45, 7) is 0. The van der Waals surface area contributed by atoms with Gasteiger partial charge >= 0.3 is 12.1 Å². The van der Waals surface area contributed by atoms with Crippen LogP contribution in [0.5, 0.6) is 0 Å². The third-order valence-electron chi connectivity index (χ3n) is 2.39. The van der Waals surface area contributed by atoms with Crippen molar-refractivity contribution >= 4 is 11.8 Å². The average molecular weight is 287 g/mol. The van der Waals surface area contributed by atoms with Crippen molar-refractivity contribution in [3.8, 4) is 0 Å². The third-order valence-corrected chi connectivity index (χ3v) is 2.39. The van der Waals surface area contributed by atoms with Crippen LogP contribution in [0.1, 0.15) is 5.56 Å². The van der Waals surface area contributed by atoms with Gasteiger partial charge in [-0.05, 0) is 5.56 Å². The molecular formula is C13H12F3NO3. The van der Waals surface area contributed by atoms with E-state index in [1.165, 1.54) is 0 Å². The molecule has 108 valence electrons. The quantitative estimate of drug-likeness (QED) is 0.784. The molecule has 1 aromatic carbocycles. The number of nitrogens with one attached hydrogen (secondary N) is 1. The van der Waals surface area contributed by atoms with Gasteiger partial charge in [-0.3, -0.25) is 4.79 Å². The Morgan fingerprint density at radius 2 is 1.85 bits per heavy atom. The molecule has 0 radical (unpaired) electrons. The molecule has 0 bridgehead atoms. The number of hydrogen-bond donors (Lipinski definition) is 2. The van der Waals surface area contributed by atoms with Crippen molar-refractivity contribution in [1.29, 1.82) is 0 Å². The monoisotopic (exact) mass is 287 g/mol. The number of carboxylic acids is 1. The fourth-order valence-corrected chi connectivity index (χ4v) is 1.40. The number of benzene rings is 1. The van der Waals surface area contributed by atoms with Gasteiger partial charge in [0.05, 0.1) is 0 Å². The Morgan fingerprint density at radius 1 is 1.25 bits per heavy atom. The maximum absolute atomic E-state index is 11.9. The molecule has 0 amide bonds. The largest absolute Gasteiger partial charge is 0.480 e. The lowest BCUT2D eigenvalue weighted by Gasteiger charge is -2.12. The lowest BCUT2D eigenvalue weighted by Crippen LogP contribution is -2.35. The molecular weight excluding hydrogens is 275 g/mol. The summed E-state index contributed by atoms with van der Waals surface area (Å²) in [6.07, 6.45) is -3.91. The molecule has 1 rings (SSSR count). The number of carbonyl (C=O) groups is 2. The summed E-state index contributed by atoms with van der Waals surface area (Å²) in [5, 5.41) is 11.2. The van der Waals surface area contributed by atoms with Crippen molar-refractivity contribution in [3.63, 3.8) is 0 Å². The van der Waals surface area contributed by atoms with E-state index in [1.54, 1.807) is 30.3 Å². The molecule has 0 fully saturated rings. The molecule has 0 aliphatic carbocycles. The molecule has 0 heterocycles. The number of halogens is 3. The maximum atomic E-state index is 11.9. The SMILES string of the molecule is O=C(O)C(Cc1ccccc1)NC=CC(=O)C(F)(F)F. The Labute approximate surface area is 112 Å². The van der Waals surface area contributed by atoms with Crippen LogP contribution in [0.3, 0.4) is 0 Å². The lowest BCUT2D eigenvalue weighted by molar-refractivity contribution is -0.165. The van der Waals surface area contributed by atoms with Gasteiger partial charge in [0.15, 0.2) is 0 Å². The molecule has 0 saturated heterocycles. The first kappa shape index (κ1) is 15.7. The standard InChI is InChI=1S/C13H12F3NO3/c14-13(15,16)11(18)6-7-17-10(12(19)20)8-9-4-2-1-3-5-9/h1-7,10,17H,8H2,(H,19,20). The van der Waals surface area contributed by atoms with Gasteiger partial charge in [0.25, 0.3) is 5.78 Å². The predicted octanol–water partition coefficient (Wildman–Crippen LogP) is 1.92. The Morgan fingerprint density at radius 3 is 2.35 bits per heavy atom. The second kappa shape index (κ2) is 6.74. The van der Waals surface area contributed by atoms with Crippen molar-refractivity contribution < 1.29 is 27.9 Å². The van der Waals surface area contributed by atoms with Gasteiger partial charge in [-0.1, -0.05) is 30.3 Å². The molecule has 2 N–H and O–H groups in total. The zero-order chi connectivity index (χ0) is 15.2. The van der Waals surface area contributed by atoms with Gasteiger partial charge < -0.3 is 10.4 Å². The van der Waals surface area contributed by atoms with Crippen molar-refractivity contribution in [2.75, 3.05) is 0 Å². The first-order valence-corrected chi connectivity index (χ1v) is 5.61. The number of alkyl halides is 3. The van der Waals surface area contributed by atoms with Crippen molar-refractivity contribution in [1.82, 2.24) is 5.32 Å². The highest BCUT2D eigenvalue weighted by Gasteiger charge is 2.36. The Balaban J connectivity index is 2.63. The van der Waals surface area contributed by atoms with Crippen LogP contribution in [0.2, 0.25) is 0 Å². The summed E-state index contributed by atoms with van der Waals surface area (Å²) in [7, 11) is 0. The van der Waals surface area contributed by atoms with E-state index in [0.29, 0.717) is 11.8 Å². The Hall–Kier alpha value is -2.31. The molecule has 0 aromatic heterocycles. The highest BCUT2D eigenvalue weighted by atomic mass is 19.4. The zero-order valence-electron chi connectivity index (χ0n) is 10.2. The number of rotatable bonds is 6. The van der Waals surface area contributed by atoms with E-state index >= 15 is 0 Å². The minimum Gasteiger partial charge on any atom is -0.480 e. The van der Waals surface area contributed by atoms with Gasteiger partial charge in [-0.2, -0.15) is 13.2 Å². The van der Waals surface area contributed by atoms with E-state index < -0.39 is 24.0 Å². The molecule has 0 spiro atoms. The van der Waals surface area contributed by atoms with E-state index in [1.807, 2.05) is 0 Å². The molecule has 20 heavy (non-hydrogen) atoms. The van der Waals surface area contributed by atoms with E-state index in [4.69, 9.17) is 5.11 Å². The zero-order valence-corrected chi connectivity index (χ0v) is 10.2. The summed E-state index contributed by atoms with van der Waals surface area (Å²) < 4.78 is 35.8. The highest BCUT2D eigenvalue weighted by molar-refractivity contribution is 5.94. The summed E-state index contributed by atoms with van der Waals surface area (Å²) in [5.41, 5.74) is 0.711. The van der Waals surface area contributed by atoms with Gasteiger partial charge in [0, 0.05) is 18.7 Å². The topological polar surface area (TPSA) is 66.4 Å². The van der Waals surface area contributed by atoms with Crippen LogP contribution >= 0.6 is 0 Å². The Bertz CT molecular complexity index is 497. The van der Waals surface area contributed by atoms with Crippen LogP contribution < -0.4 is 5.32 Å². The van der Waals surface area contributed by atoms with Crippen LogP contribution in [-0.4, -0.2) is 29.1 Å². The summed E-state index contributed by atoms with van der Waals surface area (Å²) in [6, 6.07) is 7.47. The molecule has 7 heteroatoms. The van der Waals surface area contributed by atoms with E-state index in [-0.39, 0.29) is 12.5 Å². The lowest BCUT2D eigenvalue weighted by atomic mass is 10.1. The van der Waals surface area contributed by atoms with E-state index in [2.05, 4.69) is 5.32 Å². The van der Waals surface area contributed by atoms with Crippen LogP contribution in [0.4, 0.5) is 13.2 Å². The number of carboxylic acid groups (broad SMARTS) is 1. The van der Waals surface area contributed by atoms with Crippen LogP contribution in [0.15, 0.2) is 42.6 Å². The van der Waals surface area contributed by atoms with E-state index in [0.717, 1.165) is 0 Å². The number of ketones is 1. The second-order valence-electron chi connectivity index (χ2n) is 3.94. The van der Waals surface area contributed by atoms with Crippen LogP contribution in [-0.2, 0) is 16.0 Å². The molecule has 0 aliphatic rings. The predicted molar refractivity (Wildman–Crippen MR) is 64.9 cm³/mol. The minimum absolute atomic E-state index is 0.0840. The van der Waals surface area contributed by atoms with E-state index in [9.17, 15) is 22.8 Å². The molecule has 1 atom stereocenters. The van der Waals surface area contributed by atoms with Crippen molar-refractivity contribution in [3.05, 3.63) is 48.2 Å². The van der Waals surface area contributed by atoms with Gasteiger partial charge in [0.2, 0.25) is 0 Å². The van der Waals surface area contributed by atoms with Gasteiger partial charge in [0.1, 0.15) is 6.04 Å². The fraction of sp³-hybridized carbons (Fsp3) is 0.231. The number of carbonyl (C=O) groups excluding carboxylic acids is 1. The molecule has 4 nitrogen and oxygen atoms in total. The minimum atomic E-state index is -4.96. The summed E-state index contributed by atoms with van der Waals surface area (Å²) in [5.74, 6) is -3.27. The molecule has 0 saturated carbocycles. The summed E-state index contributed by atoms with van der Waals surface area (Å²) >= 11 is 0. The molecule has 1 unspecified atom stereocenters. The number of aliphatic carboxylic acids is 1. The highest BCUT2D eigenvalue weighted by Crippen LogP contribution is 2.16. The van der Waals surface area contributed by atoms with Gasteiger partial charge in [-0.25, -0.2) is 4.79 Å². The number of hydrogen-bond acceptors (Lipinski definition) is 3. The maximum Gasteiger partial charge on any atom is 0.454 e. The Kier molecular flexibility index (Phi) is 5.31. The number of allylic oxidation sites excluding steroid dienone is 1. The van der Waals surface area contributed by atoms with Crippen molar-refractivity contribution in [2.45, 2.75) is 18.6 Å². The first-order chi connectivity index (χ1) is 9.30. The van der Waals surface area contributed by atoms with Gasteiger partial charge in [-0.15, -0.1) is 0 Å². The first-order valence-electron chi connectivity index (χ1n) is 5.61. The molecule has 0 aliphatic heterocycles. The fourth-order valence-electron chi connectivity index (χ4n) is 1.40. The van der Waals surface area contributed by atoms with Crippen LogP contribution in [0.25, 0.3) is 0 Å². The summed E-state index contributed by atoms with van der Waals surface area (Å²) in [4.78, 5) is 21.5. The molecule has 1 aromatic rings. The average Bonchev–Trinajstić information content (AvgIpc) is 2.37. The third kappa shape index (κ3) is 5.13.